The minimum Gasteiger partial charge on any atom is -0.484 e. The van der Waals surface area contributed by atoms with E-state index in [0.29, 0.717) is 124 Å². The first-order chi connectivity index (χ1) is 38.8. The zero-order chi connectivity index (χ0) is 58.7. The molecule has 0 fully saturated rings. The molecule has 0 saturated carbocycles. The Balaban J connectivity index is 0.829. The quantitative estimate of drug-likeness (QED) is 0.0258. The molecule has 23 nitrogen and oxygen atoms in total. The molecule has 0 saturated heterocycles. The van der Waals surface area contributed by atoms with E-state index in [1.165, 1.54) is 0 Å². The molecule has 2 unspecified atom stereocenters. The molecule has 0 bridgehead atoms. The molecule has 11 N–H and O–H groups in total. The number of nitrogens with zero attached hydrogens (tertiary/aromatic N) is 2. The molecule has 5 rings (SSSR count). The number of carboxylic acids is 4. The number of rotatable bonds is 38. The van der Waals surface area contributed by atoms with E-state index in [1.54, 1.807) is 85.1 Å². The number of ether oxygens (including phenoxy) is 1. The van der Waals surface area contributed by atoms with Crippen molar-refractivity contribution in [2.45, 2.75) is 134 Å². The monoisotopic (exact) mass is 1130 g/mol. The number of carbonyl (C=O) groups is 9. The Morgan fingerprint density at radius 2 is 1.14 bits per heavy atom. The van der Waals surface area contributed by atoms with Gasteiger partial charge in [0.05, 0.1) is 0 Å². The van der Waals surface area contributed by atoms with Crippen molar-refractivity contribution in [3.05, 3.63) is 95.2 Å². The maximum Gasteiger partial charge on any atom is 0.737 e. The van der Waals surface area contributed by atoms with Crippen LogP contribution in [0.3, 0.4) is 0 Å². The molecular formula is C55H72BF2N9O14. The van der Waals surface area contributed by atoms with Crippen LogP contribution in [-0.4, -0.2) is 145 Å². The van der Waals surface area contributed by atoms with Gasteiger partial charge in [-0.15, -0.1) is 0 Å². The molecule has 26 heteroatoms. The lowest BCUT2D eigenvalue weighted by Gasteiger charge is -2.30. The van der Waals surface area contributed by atoms with Gasteiger partial charge in [0.25, 0.3) is 5.91 Å². The number of aromatic amines is 1. The van der Waals surface area contributed by atoms with E-state index in [4.69, 9.17) is 9.84 Å². The fourth-order valence-corrected chi connectivity index (χ4v) is 9.04. The van der Waals surface area contributed by atoms with Crippen molar-refractivity contribution in [3.63, 3.8) is 0 Å². The normalized spacial score (nSPS) is 14.2. The number of benzene rings is 1. The van der Waals surface area contributed by atoms with Crippen molar-refractivity contribution < 1.29 is 81.4 Å². The van der Waals surface area contributed by atoms with Crippen molar-refractivity contribution in [3.8, 4) is 5.75 Å². The third kappa shape index (κ3) is 21.2. The first-order valence-corrected chi connectivity index (χ1v) is 27.2. The number of urea groups is 1. The van der Waals surface area contributed by atoms with Crippen LogP contribution in [0.25, 0.3) is 18.2 Å². The van der Waals surface area contributed by atoms with Gasteiger partial charge in [-0.25, -0.2) is 19.2 Å². The van der Waals surface area contributed by atoms with E-state index in [-0.39, 0.29) is 63.0 Å². The van der Waals surface area contributed by atoms with Crippen molar-refractivity contribution in [1.82, 2.24) is 41.4 Å². The van der Waals surface area contributed by atoms with Crippen LogP contribution in [-0.2, 0) is 38.4 Å². The number of hydrogen-bond donors (Lipinski definition) is 11. The molecule has 81 heavy (non-hydrogen) atoms. The average Bonchev–Trinajstić information content (AvgIpc) is 4.29. The van der Waals surface area contributed by atoms with Crippen LogP contribution >= 0.6 is 0 Å². The Hall–Kier alpha value is -8.58. The topological polar surface area (TPSA) is 340 Å². The summed E-state index contributed by atoms with van der Waals surface area (Å²) in [5.74, 6) is -5.83. The number of fused-ring (bicyclic) bond motifs is 2. The van der Waals surface area contributed by atoms with Crippen molar-refractivity contribution >= 4 is 84.4 Å². The van der Waals surface area contributed by atoms with Gasteiger partial charge in [0, 0.05) is 81.1 Å². The highest BCUT2D eigenvalue weighted by Crippen LogP contribution is 2.34. The summed E-state index contributed by atoms with van der Waals surface area (Å²) in [6.45, 7) is -3.38. The second-order valence-electron chi connectivity index (χ2n) is 19.6. The third-order valence-electron chi connectivity index (χ3n) is 13.3. The number of carbonyl (C=O) groups excluding carboxylic acids is 5. The van der Waals surface area contributed by atoms with Gasteiger partial charge < -0.3 is 79.6 Å². The van der Waals surface area contributed by atoms with Crippen LogP contribution in [0.4, 0.5) is 13.4 Å². The Morgan fingerprint density at radius 1 is 0.593 bits per heavy atom. The molecule has 6 amide bonds. The molecule has 2 aliphatic heterocycles. The summed E-state index contributed by atoms with van der Waals surface area (Å²) in [4.78, 5) is 110. The SMILES string of the molecule is O=C(O)CCC(NC(=O)N[C@@H](CCCCNC(=O)CCCCCCC(=O)NC(CCCCNC(=O)CCCCCNC(=O)COc1ccc(/C=C\c2ccc3n2[B-](F)(F)[N+]2=C(c4ccc[nH]4)C=CC2=C3)cc1)C(=O)O)C(=O)O)C(=O)O. The number of unbranched alkanes of at least 4 members (excludes halogenated alkanes) is 7. The lowest BCUT2D eigenvalue weighted by molar-refractivity contribution is -0.360. The first kappa shape index (κ1) is 63.3. The number of halogens is 2. The van der Waals surface area contributed by atoms with Gasteiger partial charge in [-0.1, -0.05) is 37.5 Å². The Morgan fingerprint density at radius 3 is 1.70 bits per heavy atom. The Labute approximate surface area is 466 Å². The van der Waals surface area contributed by atoms with E-state index >= 15 is 8.63 Å². The minimum absolute atomic E-state index is 0.00545. The van der Waals surface area contributed by atoms with Crippen LogP contribution in [0.15, 0.2) is 72.6 Å². The van der Waals surface area contributed by atoms with Gasteiger partial charge in [-0.2, -0.15) is 0 Å². The summed E-state index contributed by atoms with van der Waals surface area (Å²) in [6.07, 6.45) is 16.1. The number of H-pyrrole nitrogens is 1. The first-order valence-electron chi connectivity index (χ1n) is 27.2. The standard InChI is InChI=1S/C55H72BF2N9O14/c57-56(58)66-38(23-24-39(66)35-40-25-29-46(67(40)56)42-15-12-34-59-42)22-19-37-20-26-41(27-21-37)81-36-50(71)62-31-9-3-6-17-48(69)61-32-10-7-13-43(52(74)75)63-49(70)18-5-2-1-4-16-47(68)60-33-11-8-14-44(53(76)77)64-55(80)65-45(54(78)79)28-30-51(72)73/h12,15,19-27,29,34-35,43-45,59H,1-11,13-14,16-18,28,30-33,36H2,(H,60,68)(H,61,69)(H,62,71)(H,63,70)(H,72,73)(H,74,75)(H,76,77)(H,78,79)(H2,64,65,80)/b22-19-/t43?,44-,45?/m0/s1. The van der Waals surface area contributed by atoms with E-state index in [9.17, 15) is 58.5 Å². The molecule has 0 aliphatic carbocycles. The van der Waals surface area contributed by atoms with Crippen LogP contribution in [0.2, 0.25) is 0 Å². The summed E-state index contributed by atoms with van der Waals surface area (Å²) in [5, 5.41) is 52.1. The number of allylic oxidation sites excluding steroid dienone is 2. The molecule has 0 spiro atoms. The highest BCUT2D eigenvalue weighted by atomic mass is 19.2. The fourth-order valence-electron chi connectivity index (χ4n) is 9.04. The molecule has 4 heterocycles. The van der Waals surface area contributed by atoms with Crippen molar-refractivity contribution in [1.29, 1.82) is 0 Å². The Kier molecular flexibility index (Phi) is 25.4. The maximum atomic E-state index is 16.1. The second-order valence-corrected chi connectivity index (χ2v) is 19.6. The predicted octanol–water partition coefficient (Wildman–Crippen LogP) is 5.24. The van der Waals surface area contributed by atoms with E-state index in [2.05, 4.69) is 36.9 Å². The summed E-state index contributed by atoms with van der Waals surface area (Å²) < 4.78 is 40.0. The van der Waals surface area contributed by atoms with Gasteiger partial charge in [0.2, 0.25) is 17.7 Å². The number of carboxylic acid groups (broad SMARTS) is 4. The van der Waals surface area contributed by atoms with Gasteiger partial charge >= 0.3 is 36.9 Å². The summed E-state index contributed by atoms with van der Waals surface area (Å²) >= 11 is 0. The van der Waals surface area contributed by atoms with Crippen LogP contribution in [0, 0.1) is 0 Å². The van der Waals surface area contributed by atoms with Crippen molar-refractivity contribution in [2.75, 3.05) is 26.2 Å². The molecule has 0 radical (unpaired) electrons. The molecule has 3 aromatic rings. The smallest absolute Gasteiger partial charge is 0.484 e. The zero-order valence-electron chi connectivity index (χ0n) is 45.0. The molecular weight excluding hydrogens is 1060 g/mol. The van der Waals surface area contributed by atoms with E-state index < -0.39 is 67.3 Å². The number of nitrogens with one attached hydrogen (secondary N) is 7. The number of aromatic nitrogens is 2. The number of amides is 6. The minimum atomic E-state index is -4.18. The maximum absolute atomic E-state index is 16.1. The number of aliphatic carboxylic acids is 4. The van der Waals surface area contributed by atoms with Crippen molar-refractivity contribution in [2.24, 2.45) is 0 Å². The predicted molar refractivity (Wildman–Crippen MR) is 295 cm³/mol. The summed E-state index contributed by atoms with van der Waals surface area (Å²) in [5.41, 5.74) is 2.93. The van der Waals surface area contributed by atoms with E-state index in [0.717, 1.165) is 14.5 Å². The molecule has 438 valence electrons. The van der Waals surface area contributed by atoms with Gasteiger partial charge in [-0.05, 0) is 119 Å². The van der Waals surface area contributed by atoms with Gasteiger partial charge in [-0.3, -0.25) is 24.0 Å². The Bertz CT molecular complexity index is 2800. The largest absolute Gasteiger partial charge is 0.737 e. The second kappa shape index (κ2) is 32.5. The van der Waals surface area contributed by atoms with Crippen LogP contribution in [0.1, 0.15) is 138 Å². The lowest BCUT2D eigenvalue weighted by Crippen LogP contribution is -2.51. The summed E-state index contributed by atoms with van der Waals surface area (Å²) in [7, 11) is 0. The summed E-state index contributed by atoms with van der Waals surface area (Å²) in [6, 6.07) is 8.78. The van der Waals surface area contributed by atoms with Crippen LogP contribution in [0.5, 0.6) is 5.75 Å². The lowest BCUT2D eigenvalue weighted by atomic mass is 9.90. The molecule has 2 aromatic heterocycles. The molecule has 2 aliphatic rings. The van der Waals surface area contributed by atoms with Gasteiger partial charge in [0.1, 0.15) is 29.6 Å². The molecule has 3 atom stereocenters. The van der Waals surface area contributed by atoms with Crippen LogP contribution < -0.4 is 36.6 Å². The fraction of sp³-hybridized carbons (Fsp3) is 0.455. The van der Waals surface area contributed by atoms with Gasteiger partial charge in [0.15, 0.2) is 18.0 Å². The zero-order valence-corrected chi connectivity index (χ0v) is 45.0. The molecule has 1 aromatic carbocycles. The number of hydrogen-bond acceptors (Lipinski definition) is 10. The highest BCUT2D eigenvalue weighted by Gasteiger charge is 2.52. The highest BCUT2D eigenvalue weighted by molar-refractivity contribution is 6.58. The third-order valence-corrected chi connectivity index (χ3v) is 13.3. The average molecular weight is 1130 g/mol. The van der Waals surface area contributed by atoms with E-state index in [1.807, 2.05) is 0 Å².